The Labute approximate surface area is 250 Å². The number of aromatic nitrogens is 2. The second-order valence-corrected chi connectivity index (χ2v) is 10.1. The molecule has 1 aliphatic heterocycles. The van der Waals surface area contributed by atoms with E-state index in [-0.39, 0.29) is 37.3 Å². The Morgan fingerprint density at radius 3 is 2.39 bits per heavy atom. The van der Waals surface area contributed by atoms with E-state index >= 15 is 0 Å². The zero-order valence-electron chi connectivity index (χ0n) is 20.9. The van der Waals surface area contributed by atoms with Crippen LogP contribution in [0.1, 0.15) is 29.7 Å². The molecule has 1 saturated heterocycles. The summed E-state index contributed by atoms with van der Waals surface area (Å²) in [6.45, 7) is 5.80. The number of amides is 1. The SMILES string of the molecule is CCCc1nc(C(=O)NC[C@@H](O)CN2CCN(c3cccc(Cl)c3Cl)CC2)cn1-c1ccc(Cl)cc1.Cl.Cl. The van der Waals surface area contributed by atoms with Crippen LogP contribution in [0.4, 0.5) is 5.69 Å². The summed E-state index contributed by atoms with van der Waals surface area (Å²) in [6, 6.07) is 13.1. The van der Waals surface area contributed by atoms with E-state index in [1.807, 2.05) is 41.0 Å². The van der Waals surface area contributed by atoms with Crippen molar-refractivity contribution >= 4 is 71.2 Å². The molecule has 1 aliphatic rings. The molecule has 1 aromatic heterocycles. The molecule has 3 aromatic rings. The number of halogens is 5. The van der Waals surface area contributed by atoms with Gasteiger partial charge in [0.15, 0.2) is 0 Å². The van der Waals surface area contributed by atoms with Gasteiger partial charge in [-0.3, -0.25) is 9.69 Å². The number of carbonyl (C=O) groups is 1. The standard InChI is InChI=1S/C26H30Cl3N5O2.2ClH/c1-2-4-24-31-22(17-34(24)19-9-7-18(27)8-10-19)26(36)30-15-20(35)16-32-11-13-33(14-12-32)23-6-3-5-21(28)25(23)29;;/h3,5-10,17,20,35H,2,4,11-16H2,1H3,(H,30,36);2*1H/t20-;;/m1../s1. The number of aliphatic hydroxyl groups excluding tert-OH is 1. The molecule has 208 valence electrons. The minimum atomic E-state index is -0.691. The fourth-order valence-corrected chi connectivity index (χ4v) is 4.87. The molecular weight excluding hydrogens is 592 g/mol. The van der Waals surface area contributed by atoms with Crippen LogP contribution in [0.3, 0.4) is 0 Å². The zero-order valence-corrected chi connectivity index (χ0v) is 24.8. The molecule has 2 heterocycles. The molecule has 0 radical (unpaired) electrons. The summed E-state index contributed by atoms with van der Waals surface area (Å²) in [5, 5.41) is 15.1. The van der Waals surface area contributed by atoms with Gasteiger partial charge in [0.2, 0.25) is 0 Å². The van der Waals surface area contributed by atoms with Gasteiger partial charge >= 0.3 is 0 Å². The third-order valence-corrected chi connectivity index (χ3v) is 7.26. The molecule has 0 saturated carbocycles. The van der Waals surface area contributed by atoms with E-state index in [0.717, 1.165) is 56.2 Å². The first-order chi connectivity index (χ1) is 17.4. The highest BCUT2D eigenvalue weighted by molar-refractivity contribution is 6.43. The van der Waals surface area contributed by atoms with Gasteiger partial charge in [-0.05, 0) is 42.8 Å². The molecule has 1 atom stereocenters. The van der Waals surface area contributed by atoms with Gasteiger partial charge in [0.05, 0.1) is 21.8 Å². The number of benzene rings is 2. The molecule has 2 N–H and O–H groups in total. The second kappa shape index (κ2) is 15.2. The molecule has 0 unspecified atom stereocenters. The normalized spacial score (nSPS) is 14.4. The maximum absolute atomic E-state index is 12.8. The number of hydrogen-bond donors (Lipinski definition) is 2. The maximum atomic E-state index is 12.8. The van der Waals surface area contributed by atoms with Crippen LogP contribution < -0.4 is 10.2 Å². The minimum Gasteiger partial charge on any atom is -0.390 e. The lowest BCUT2D eigenvalue weighted by atomic mass is 10.2. The average molecular weight is 624 g/mol. The Hall–Kier alpha value is -1.71. The highest BCUT2D eigenvalue weighted by Crippen LogP contribution is 2.32. The number of hydrogen-bond acceptors (Lipinski definition) is 5. The number of imidazole rings is 1. The molecule has 1 amide bonds. The van der Waals surface area contributed by atoms with Crippen molar-refractivity contribution in [2.45, 2.75) is 25.9 Å². The van der Waals surface area contributed by atoms with Gasteiger partial charge in [-0.25, -0.2) is 4.98 Å². The topological polar surface area (TPSA) is 73.6 Å². The van der Waals surface area contributed by atoms with Crippen molar-refractivity contribution in [3.63, 3.8) is 0 Å². The van der Waals surface area contributed by atoms with Gasteiger partial charge in [0.25, 0.3) is 5.91 Å². The monoisotopic (exact) mass is 621 g/mol. The molecule has 0 aliphatic carbocycles. The Kier molecular flexibility index (Phi) is 13.0. The van der Waals surface area contributed by atoms with E-state index in [0.29, 0.717) is 27.3 Å². The first-order valence-corrected chi connectivity index (χ1v) is 13.2. The Balaban J connectivity index is 0.00000253. The highest BCUT2D eigenvalue weighted by Gasteiger charge is 2.22. The van der Waals surface area contributed by atoms with Gasteiger partial charge in [-0.15, -0.1) is 24.8 Å². The van der Waals surface area contributed by atoms with Crippen LogP contribution in [-0.2, 0) is 6.42 Å². The van der Waals surface area contributed by atoms with E-state index in [4.69, 9.17) is 34.8 Å². The Morgan fingerprint density at radius 2 is 1.74 bits per heavy atom. The molecule has 2 aromatic carbocycles. The van der Waals surface area contributed by atoms with Crippen molar-refractivity contribution in [3.05, 3.63) is 75.2 Å². The van der Waals surface area contributed by atoms with E-state index in [9.17, 15) is 9.90 Å². The number of aliphatic hydroxyl groups is 1. The molecule has 0 bridgehead atoms. The van der Waals surface area contributed by atoms with Crippen molar-refractivity contribution in [1.29, 1.82) is 0 Å². The van der Waals surface area contributed by atoms with Gasteiger partial charge in [0.1, 0.15) is 11.5 Å². The number of β-amino-alcohol motifs (C(OH)–C–C–N with tert-alkyl or cyclic N) is 1. The van der Waals surface area contributed by atoms with Gasteiger partial charge < -0.3 is 19.9 Å². The first kappa shape index (κ1) is 32.5. The average Bonchev–Trinajstić information content (AvgIpc) is 3.29. The molecule has 12 heteroatoms. The second-order valence-electron chi connectivity index (χ2n) is 8.86. The van der Waals surface area contributed by atoms with Crippen molar-refractivity contribution < 1.29 is 9.90 Å². The summed E-state index contributed by atoms with van der Waals surface area (Å²) in [4.78, 5) is 21.7. The number of rotatable bonds is 9. The fourth-order valence-electron chi connectivity index (χ4n) is 4.32. The predicted octanol–water partition coefficient (Wildman–Crippen LogP) is 5.54. The molecule has 4 rings (SSSR count). The third kappa shape index (κ3) is 8.15. The molecule has 0 spiro atoms. The van der Waals surface area contributed by atoms with Gasteiger partial charge in [-0.2, -0.15) is 0 Å². The quantitative estimate of drug-likeness (QED) is 0.328. The van der Waals surface area contributed by atoms with Gasteiger partial charge in [-0.1, -0.05) is 47.8 Å². The fraction of sp³-hybridized carbons (Fsp3) is 0.385. The zero-order chi connectivity index (χ0) is 25.7. The maximum Gasteiger partial charge on any atom is 0.271 e. The lowest BCUT2D eigenvalue weighted by Crippen LogP contribution is -2.50. The van der Waals surface area contributed by atoms with Crippen LogP contribution in [0.25, 0.3) is 5.69 Å². The molecule has 7 nitrogen and oxygen atoms in total. The van der Waals surface area contributed by atoms with E-state index in [1.54, 1.807) is 12.3 Å². The lowest BCUT2D eigenvalue weighted by molar-refractivity contribution is 0.0848. The third-order valence-electron chi connectivity index (χ3n) is 6.20. The van der Waals surface area contributed by atoms with Crippen LogP contribution in [0.5, 0.6) is 0 Å². The number of nitrogens with zero attached hydrogens (tertiary/aromatic N) is 4. The molecule has 1 fully saturated rings. The summed E-state index contributed by atoms with van der Waals surface area (Å²) in [6.07, 6.45) is 2.69. The molecular formula is C26H32Cl5N5O2. The number of anilines is 1. The van der Waals surface area contributed by atoms with Crippen LogP contribution in [0.15, 0.2) is 48.7 Å². The first-order valence-electron chi connectivity index (χ1n) is 12.1. The van der Waals surface area contributed by atoms with Gasteiger partial charge in [0, 0.05) is 62.6 Å². The van der Waals surface area contributed by atoms with Crippen LogP contribution in [0.2, 0.25) is 15.1 Å². The van der Waals surface area contributed by atoms with Crippen LogP contribution in [-0.4, -0.2) is 70.8 Å². The van der Waals surface area contributed by atoms with Crippen LogP contribution >= 0.6 is 59.6 Å². The number of aryl methyl sites for hydroxylation is 1. The summed E-state index contributed by atoms with van der Waals surface area (Å²) < 4.78 is 1.91. The smallest absolute Gasteiger partial charge is 0.271 e. The molecule has 38 heavy (non-hydrogen) atoms. The number of piperazine rings is 1. The largest absolute Gasteiger partial charge is 0.390 e. The number of carbonyl (C=O) groups excluding carboxylic acids is 1. The van der Waals surface area contributed by atoms with Crippen molar-refractivity contribution in [3.8, 4) is 5.69 Å². The van der Waals surface area contributed by atoms with Crippen molar-refractivity contribution in [1.82, 2.24) is 19.8 Å². The summed E-state index contributed by atoms with van der Waals surface area (Å²) in [5.74, 6) is 0.503. The Bertz CT molecular complexity index is 1180. The Morgan fingerprint density at radius 1 is 1.05 bits per heavy atom. The summed E-state index contributed by atoms with van der Waals surface area (Å²) in [5.41, 5.74) is 2.15. The van der Waals surface area contributed by atoms with Crippen molar-refractivity contribution in [2.24, 2.45) is 0 Å². The predicted molar refractivity (Wildman–Crippen MR) is 161 cm³/mol. The summed E-state index contributed by atoms with van der Waals surface area (Å²) >= 11 is 18.5. The minimum absolute atomic E-state index is 0. The number of nitrogens with one attached hydrogen (secondary N) is 1. The lowest BCUT2D eigenvalue weighted by Gasteiger charge is -2.37. The van der Waals surface area contributed by atoms with E-state index in [2.05, 4.69) is 27.0 Å². The van der Waals surface area contributed by atoms with Crippen molar-refractivity contribution in [2.75, 3.05) is 44.2 Å². The van der Waals surface area contributed by atoms with Crippen LogP contribution in [0, 0.1) is 0 Å². The van der Waals surface area contributed by atoms with E-state index < -0.39 is 6.10 Å². The highest BCUT2D eigenvalue weighted by atomic mass is 35.5. The van der Waals surface area contributed by atoms with E-state index in [1.165, 1.54) is 0 Å². The summed E-state index contributed by atoms with van der Waals surface area (Å²) in [7, 11) is 0.